The van der Waals surface area contributed by atoms with Crippen molar-refractivity contribution in [1.29, 1.82) is 0 Å². The van der Waals surface area contributed by atoms with Gasteiger partial charge in [0, 0.05) is 0 Å². The number of thiol groups is 1. The van der Waals surface area contributed by atoms with Crippen LogP contribution in [0.4, 0.5) is 13.2 Å². The monoisotopic (exact) mass is 216 g/mol. The Morgan fingerprint density at radius 3 is 2.15 bits per heavy atom. The quantitative estimate of drug-likeness (QED) is 0.695. The van der Waals surface area contributed by atoms with E-state index in [2.05, 4.69) is 17.4 Å². The van der Waals surface area contributed by atoms with Gasteiger partial charge in [0.1, 0.15) is 6.61 Å². The van der Waals surface area contributed by atoms with Crippen LogP contribution in [-0.4, -0.2) is 25.1 Å². The minimum absolute atomic E-state index is 0.0886. The van der Waals surface area contributed by atoms with Gasteiger partial charge >= 0.3 is 6.18 Å². The van der Waals surface area contributed by atoms with E-state index in [4.69, 9.17) is 0 Å². The standard InChI is InChI=1S/C8H15F3OS/c1-6(2)7(4-13)3-12-5-8(9,10)11/h6-7,13H,3-5H2,1-2H3. The molecule has 0 radical (unpaired) electrons. The van der Waals surface area contributed by atoms with Crippen molar-refractivity contribution in [2.75, 3.05) is 19.0 Å². The van der Waals surface area contributed by atoms with Gasteiger partial charge in [0.15, 0.2) is 0 Å². The summed E-state index contributed by atoms with van der Waals surface area (Å²) in [7, 11) is 0. The zero-order chi connectivity index (χ0) is 10.5. The van der Waals surface area contributed by atoms with Gasteiger partial charge in [0.25, 0.3) is 0 Å². The lowest BCUT2D eigenvalue weighted by molar-refractivity contribution is -0.176. The predicted molar refractivity (Wildman–Crippen MR) is 49.1 cm³/mol. The molecule has 1 atom stereocenters. The Morgan fingerprint density at radius 2 is 1.85 bits per heavy atom. The summed E-state index contributed by atoms with van der Waals surface area (Å²) in [4.78, 5) is 0. The van der Waals surface area contributed by atoms with E-state index in [1.807, 2.05) is 13.8 Å². The third-order valence-corrected chi connectivity index (χ3v) is 2.24. The maximum absolute atomic E-state index is 11.7. The molecule has 0 N–H and O–H groups in total. The highest BCUT2D eigenvalue weighted by Crippen LogP contribution is 2.17. The number of hydrogen-bond acceptors (Lipinski definition) is 2. The average molecular weight is 216 g/mol. The molecule has 13 heavy (non-hydrogen) atoms. The van der Waals surface area contributed by atoms with Gasteiger partial charge in [-0.25, -0.2) is 0 Å². The molecule has 5 heteroatoms. The molecule has 0 amide bonds. The summed E-state index contributed by atoms with van der Waals surface area (Å²) in [6, 6.07) is 0. The van der Waals surface area contributed by atoms with Crippen LogP contribution in [0.15, 0.2) is 0 Å². The van der Waals surface area contributed by atoms with Gasteiger partial charge in [0.05, 0.1) is 6.61 Å². The molecule has 0 saturated heterocycles. The number of ether oxygens (including phenoxy) is 1. The summed E-state index contributed by atoms with van der Waals surface area (Å²) < 4.78 is 39.5. The zero-order valence-electron chi connectivity index (χ0n) is 7.77. The Bertz CT molecular complexity index is 136. The molecular formula is C8H15F3OS. The summed E-state index contributed by atoms with van der Waals surface area (Å²) >= 11 is 4.04. The van der Waals surface area contributed by atoms with E-state index in [-0.39, 0.29) is 12.5 Å². The maximum atomic E-state index is 11.7. The van der Waals surface area contributed by atoms with Crippen molar-refractivity contribution in [3.05, 3.63) is 0 Å². The SMILES string of the molecule is CC(C)C(CS)COCC(F)(F)F. The number of halogens is 3. The van der Waals surface area contributed by atoms with E-state index in [0.29, 0.717) is 11.7 Å². The van der Waals surface area contributed by atoms with E-state index < -0.39 is 12.8 Å². The van der Waals surface area contributed by atoms with Crippen molar-refractivity contribution in [3.8, 4) is 0 Å². The Labute approximate surface area is 82.1 Å². The summed E-state index contributed by atoms with van der Waals surface area (Å²) in [5.41, 5.74) is 0. The minimum atomic E-state index is -4.22. The lowest BCUT2D eigenvalue weighted by atomic mass is 9.99. The Hall–Kier alpha value is 0.100. The molecule has 1 unspecified atom stereocenters. The fraction of sp³-hybridized carbons (Fsp3) is 1.00. The van der Waals surface area contributed by atoms with Crippen LogP contribution in [0.3, 0.4) is 0 Å². The lowest BCUT2D eigenvalue weighted by Gasteiger charge is -2.18. The van der Waals surface area contributed by atoms with Crippen molar-refractivity contribution in [3.63, 3.8) is 0 Å². The summed E-state index contributed by atoms with van der Waals surface area (Å²) in [5, 5.41) is 0. The largest absolute Gasteiger partial charge is 0.411 e. The maximum Gasteiger partial charge on any atom is 0.411 e. The first-order valence-electron chi connectivity index (χ1n) is 4.12. The molecule has 0 aliphatic carbocycles. The summed E-state index contributed by atoms with van der Waals surface area (Å²) in [6.45, 7) is 2.85. The van der Waals surface area contributed by atoms with Gasteiger partial charge in [-0.3, -0.25) is 0 Å². The van der Waals surface area contributed by atoms with Gasteiger partial charge < -0.3 is 4.74 Å². The van der Waals surface area contributed by atoms with Gasteiger partial charge in [-0.05, 0) is 17.6 Å². The minimum Gasteiger partial charge on any atom is -0.372 e. The second-order valence-corrected chi connectivity index (χ2v) is 3.68. The van der Waals surface area contributed by atoms with Crippen LogP contribution < -0.4 is 0 Å². The average Bonchev–Trinajstić information content (AvgIpc) is 1.95. The molecule has 0 aliphatic heterocycles. The molecule has 80 valence electrons. The Balaban J connectivity index is 3.62. The number of alkyl halides is 3. The van der Waals surface area contributed by atoms with Crippen LogP contribution in [0.5, 0.6) is 0 Å². The van der Waals surface area contributed by atoms with Gasteiger partial charge in [0.2, 0.25) is 0 Å². The number of hydrogen-bond donors (Lipinski definition) is 1. The van der Waals surface area contributed by atoms with Crippen LogP contribution in [-0.2, 0) is 4.74 Å². The second kappa shape index (κ2) is 5.75. The van der Waals surface area contributed by atoms with Crippen molar-refractivity contribution >= 4 is 12.6 Å². The van der Waals surface area contributed by atoms with E-state index in [9.17, 15) is 13.2 Å². The van der Waals surface area contributed by atoms with Crippen LogP contribution in [0.25, 0.3) is 0 Å². The van der Waals surface area contributed by atoms with Crippen molar-refractivity contribution < 1.29 is 17.9 Å². The highest BCUT2D eigenvalue weighted by Gasteiger charge is 2.28. The van der Waals surface area contributed by atoms with E-state index in [1.165, 1.54) is 0 Å². The molecule has 0 heterocycles. The van der Waals surface area contributed by atoms with E-state index >= 15 is 0 Å². The first-order valence-corrected chi connectivity index (χ1v) is 4.75. The third-order valence-electron chi connectivity index (χ3n) is 1.77. The third kappa shape index (κ3) is 7.19. The molecule has 0 saturated carbocycles. The molecule has 0 bridgehead atoms. The highest BCUT2D eigenvalue weighted by molar-refractivity contribution is 7.80. The van der Waals surface area contributed by atoms with Crippen LogP contribution in [0, 0.1) is 11.8 Å². The molecule has 0 spiro atoms. The molecular weight excluding hydrogens is 201 g/mol. The van der Waals surface area contributed by atoms with Crippen LogP contribution in [0.2, 0.25) is 0 Å². The number of rotatable bonds is 5. The fourth-order valence-corrected chi connectivity index (χ4v) is 1.31. The smallest absolute Gasteiger partial charge is 0.372 e. The van der Waals surface area contributed by atoms with Crippen molar-refractivity contribution in [2.45, 2.75) is 20.0 Å². The Morgan fingerprint density at radius 1 is 1.31 bits per heavy atom. The van der Waals surface area contributed by atoms with Gasteiger partial charge in [-0.2, -0.15) is 25.8 Å². The molecule has 0 fully saturated rings. The topological polar surface area (TPSA) is 9.23 Å². The van der Waals surface area contributed by atoms with Crippen LogP contribution >= 0.6 is 12.6 Å². The predicted octanol–water partition coefficient (Wildman–Crippen LogP) is 2.77. The highest BCUT2D eigenvalue weighted by atomic mass is 32.1. The van der Waals surface area contributed by atoms with Gasteiger partial charge in [-0.15, -0.1) is 0 Å². The van der Waals surface area contributed by atoms with Crippen molar-refractivity contribution in [2.24, 2.45) is 11.8 Å². The molecule has 0 rings (SSSR count). The zero-order valence-corrected chi connectivity index (χ0v) is 8.66. The van der Waals surface area contributed by atoms with E-state index in [0.717, 1.165) is 0 Å². The normalized spacial score (nSPS) is 15.0. The Kier molecular flexibility index (Phi) is 5.80. The molecule has 0 aliphatic rings. The van der Waals surface area contributed by atoms with E-state index in [1.54, 1.807) is 0 Å². The first kappa shape index (κ1) is 13.1. The first-order chi connectivity index (χ1) is 5.87. The van der Waals surface area contributed by atoms with Crippen LogP contribution in [0.1, 0.15) is 13.8 Å². The lowest BCUT2D eigenvalue weighted by Crippen LogP contribution is -2.23. The molecule has 0 aromatic heterocycles. The molecule has 1 nitrogen and oxygen atoms in total. The molecule has 0 aromatic carbocycles. The van der Waals surface area contributed by atoms with Crippen molar-refractivity contribution in [1.82, 2.24) is 0 Å². The molecule has 0 aromatic rings. The fourth-order valence-electron chi connectivity index (χ4n) is 0.782. The summed E-state index contributed by atoms with van der Waals surface area (Å²) in [6.07, 6.45) is -4.22. The van der Waals surface area contributed by atoms with Gasteiger partial charge in [-0.1, -0.05) is 13.8 Å². The second-order valence-electron chi connectivity index (χ2n) is 3.32. The summed E-state index contributed by atoms with van der Waals surface area (Å²) in [5.74, 6) is 0.937.